The van der Waals surface area contributed by atoms with Gasteiger partial charge in [-0.15, -0.1) is 12.4 Å². The van der Waals surface area contributed by atoms with Gasteiger partial charge in [0.05, 0.1) is 6.04 Å². The standard InChI is InChI=1S/C18H23N3O.ClH/c1-2-6-17(19)18(22)21-16-11-9-14(10-12-16)13-20-15-7-4-3-5-8-15;/h3-5,7-12,17,20H,2,6,13,19H2,1H3,(H,21,22);1H. The molecule has 1 atom stereocenters. The van der Waals surface area contributed by atoms with Gasteiger partial charge in [0.25, 0.3) is 0 Å². The van der Waals surface area contributed by atoms with Gasteiger partial charge in [-0.2, -0.15) is 0 Å². The van der Waals surface area contributed by atoms with Crippen LogP contribution in [0.3, 0.4) is 0 Å². The van der Waals surface area contributed by atoms with Crippen LogP contribution in [-0.2, 0) is 11.3 Å². The second-order valence-electron chi connectivity index (χ2n) is 5.30. The zero-order valence-electron chi connectivity index (χ0n) is 13.3. The maximum atomic E-state index is 11.8. The molecule has 0 saturated heterocycles. The smallest absolute Gasteiger partial charge is 0.241 e. The van der Waals surface area contributed by atoms with Crippen molar-refractivity contribution in [1.29, 1.82) is 0 Å². The number of hydrogen-bond donors (Lipinski definition) is 3. The first kappa shape index (κ1) is 19.0. The molecule has 0 aliphatic rings. The molecule has 0 aromatic heterocycles. The molecule has 0 spiro atoms. The predicted octanol–water partition coefficient (Wildman–Crippen LogP) is 3.79. The molecule has 124 valence electrons. The summed E-state index contributed by atoms with van der Waals surface area (Å²) in [6.45, 7) is 2.76. The molecule has 0 heterocycles. The number of carbonyl (C=O) groups is 1. The van der Waals surface area contributed by atoms with Crippen LogP contribution in [0.2, 0.25) is 0 Å². The summed E-state index contributed by atoms with van der Waals surface area (Å²) in [6, 6.07) is 17.4. The summed E-state index contributed by atoms with van der Waals surface area (Å²) in [5.41, 5.74) is 8.81. The summed E-state index contributed by atoms with van der Waals surface area (Å²) in [5.74, 6) is -0.128. The van der Waals surface area contributed by atoms with Gasteiger partial charge in [0, 0.05) is 17.9 Å². The van der Waals surface area contributed by atoms with E-state index < -0.39 is 6.04 Å². The zero-order valence-corrected chi connectivity index (χ0v) is 14.1. The van der Waals surface area contributed by atoms with Crippen LogP contribution in [-0.4, -0.2) is 11.9 Å². The molecule has 0 bridgehead atoms. The molecule has 4 nitrogen and oxygen atoms in total. The van der Waals surface area contributed by atoms with Crippen molar-refractivity contribution in [3.8, 4) is 0 Å². The number of rotatable bonds is 7. The first-order valence-corrected chi connectivity index (χ1v) is 7.63. The summed E-state index contributed by atoms with van der Waals surface area (Å²) in [6.07, 6.45) is 1.60. The second kappa shape index (κ2) is 9.87. The van der Waals surface area contributed by atoms with E-state index in [1.54, 1.807) is 0 Å². The topological polar surface area (TPSA) is 67.2 Å². The van der Waals surface area contributed by atoms with Gasteiger partial charge in [0.15, 0.2) is 0 Å². The van der Waals surface area contributed by atoms with Crippen LogP contribution in [0.15, 0.2) is 54.6 Å². The lowest BCUT2D eigenvalue weighted by Gasteiger charge is -2.12. The minimum absolute atomic E-state index is 0. The average molecular weight is 334 g/mol. The Morgan fingerprint density at radius 3 is 2.30 bits per heavy atom. The third kappa shape index (κ3) is 6.30. The van der Waals surface area contributed by atoms with E-state index in [9.17, 15) is 4.79 Å². The van der Waals surface area contributed by atoms with Crippen LogP contribution in [0, 0.1) is 0 Å². The summed E-state index contributed by atoms with van der Waals surface area (Å²) in [5, 5.41) is 6.19. The summed E-state index contributed by atoms with van der Waals surface area (Å²) in [7, 11) is 0. The third-order valence-electron chi connectivity index (χ3n) is 3.43. The highest BCUT2D eigenvalue weighted by Gasteiger charge is 2.11. The summed E-state index contributed by atoms with van der Waals surface area (Å²) in [4.78, 5) is 11.8. The Labute approximate surface area is 143 Å². The molecule has 2 rings (SSSR count). The predicted molar refractivity (Wildman–Crippen MR) is 99.0 cm³/mol. The molecule has 5 heteroatoms. The van der Waals surface area contributed by atoms with Crippen LogP contribution < -0.4 is 16.4 Å². The SMILES string of the molecule is CCCC(N)C(=O)Nc1ccc(CNc2ccccc2)cc1.Cl. The van der Waals surface area contributed by atoms with Crippen molar-refractivity contribution in [2.24, 2.45) is 5.73 Å². The maximum Gasteiger partial charge on any atom is 0.241 e. The first-order chi connectivity index (χ1) is 10.7. The molecule has 23 heavy (non-hydrogen) atoms. The van der Waals surface area contributed by atoms with Gasteiger partial charge in [0.1, 0.15) is 0 Å². The molecular formula is C18H24ClN3O. The van der Waals surface area contributed by atoms with Gasteiger partial charge in [0.2, 0.25) is 5.91 Å². The van der Waals surface area contributed by atoms with Crippen LogP contribution in [0.4, 0.5) is 11.4 Å². The number of anilines is 2. The van der Waals surface area contributed by atoms with Crippen molar-refractivity contribution in [1.82, 2.24) is 0 Å². The van der Waals surface area contributed by atoms with Crippen molar-refractivity contribution in [3.05, 3.63) is 60.2 Å². The van der Waals surface area contributed by atoms with Gasteiger partial charge in [-0.3, -0.25) is 4.79 Å². The number of hydrogen-bond acceptors (Lipinski definition) is 3. The highest BCUT2D eigenvalue weighted by Crippen LogP contribution is 2.13. The quantitative estimate of drug-likeness (QED) is 0.722. The monoisotopic (exact) mass is 333 g/mol. The fourth-order valence-corrected chi connectivity index (χ4v) is 2.14. The van der Waals surface area contributed by atoms with Gasteiger partial charge < -0.3 is 16.4 Å². The van der Waals surface area contributed by atoms with Crippen LogP contribution in [0.25, 0.3) is 0 Å². The molecule has 0 saturated carbocycles. The molecule has 0 aliphatic heterocycles. The van der Waals surface area contributed by atoms with E-state index in [1.807, 2.05) is 61.5 Å². The molecule has 1 unspecified atom stereocenters. The second-order valence-corrected chi connectivity index (χ2v) is 5.30. The lowest BCUT2D eigenvalue weighted by molar-refractivity contribution is -0.117. The minimum atomic E-state index is -0.440. The normalized spacial score (nSPS) is 11.2. The van der Waals surface area contributed by atoms with Crippen molar-refractivity contribution < 1.29 is 4.79 Å². The minimum Gasteiger partial charge on any atom is -0.381 e. The summed E-state index contributed by atoms with van der Waals surface area (Å²) >= 11 is 0. The average Bonchev–Trinajstić information content (AvgIpc) is 2.55. The number of nitrogens with one attached hydrogen (secondary N) is 2. The third-order valence-corrected chi connectivity index (χ3v) is 3.43. The fourth-order valence-electron chi connectivity index (χ4n) is 2.14. The van der Waals surface area contributed by atoms with E-state index >= 15 is 0 Å². The van der Waals surface area contributed by atoms with Gasteiger partial charge >= 0.3 is 0 Å². The van der Waals surface area contributed by atoms with Gasteiger partial charge in [-0.05, 0) is 36.2 Å². The van der Waals surface area contributed by atoms with Gasteiger partial charge in [-0.1, -0.05) is 43.7 Å². The van der Waals surface area contributed by atoms with Crippen molar-refractivity contribution in [2.45, 2.75) is 32.4 Å². The number of para-hydroxylation sites is 1. The number of nitrogens with two attached hydrogens (primary N) is 1. The Hall–Kier alpha value is -2.04. The Balaban J connectivity index is 0.00000264. The number of benzene rings is 2. The fraction of sp³-hybridized carbons (Fsp3) is 0.278. The number of carbonyl (C=O) groups excluding carboxylic acids is 1. The molecule has 2 aromatic rings. The van der Waals surface area contributed by atoms with E-state index in [1.165, 1.54) is 0 Å². The van der Waals surface area contributed by atoms with Gasteiger partial charge in [-0.25, -0.2) is 0 Å². The highest BCUT2D eigenvalue weighted by atomic mass is 35.5. The number of amides is 1. The summed E-state index contributed by atoms with van der Waals surface area (Å²) < 4.78 is 0. The van der Waals surface area contributed by atoms with E-state index in [-0.39, 0.29) is 18.3 Å². The lowest BCUT2D eigenvalue weighted by atomic mass is 10.1. The van der Waals surface area contributed by atoms with Crippen LogP contribution in [0.5, 0.6) is 0 Å². The molecule has 0 radical (unpaired) electrons. The van der Waals surface area contributed by atoms with E-state index in [4.69, 9.17) is 5.73 Å². The van der Waals surface area contributed by atoms with Crippen molar-refractivity contribution >= 4 is 29.7 Å². The Morgan fingerprint density at radius 2 is 1.70 bits per heavy atom. The largest absolute Gasteiger partial charge is 0.381 e. The molecule has 0 fully saturated rings. The Bertz CT molecular complexity index is 587. The number of halogens is 1. The molecular weight excluding hydrogens is 310 g/mol. The molecule has 2 aromatic carbocycles. The van der Waals surface area contributed by atoms with E-state index in [2.05, 4.69) is 10.6 Å². The maximum absolute atomic E-state index is 11.8. The Morgan fingerprint density at radius 1 is 1.04 bits per heavy atom. The van der Waals surface area contributed by atoms with Crippen molar-refractivity contribution in [2.75, 3.05) is 10.6 Å². The lowest BCUT2D eigenvalue weighted by Crippen LogP contribution is -2.35. The Kier molecular flexibility index (Phi) is 8.16. The van der Waals surface area contributed by atoms with Crippen LogP contribution >= 0.6 is 12.4 Å². The first-order valence-electron chi connectivity index (χ1n) is 7.63. The van der Waals surface area contributed by atoms with Crippen LogP contribution in [0.1, 0.15) is 25.3 Å². The van der Waals surface area contributed by atoms with E-state index in [0.29, 0.717) is 6.42 Å². The van der Waals surface area contributed by atoms with E-state index in [0.717, 1.165) is 29.9 Å². The highest BCUT2D eigenvalue weighted by molar-refractivity contribution is 5.94. The molecule has 1 amide bonds. The molecule has 4 N–H and O–H groups in total. The van der Waals surface area contributed by atoms with Crippen molar-refractivity contribution in [3.63, 3.8) is 0 Å². The molecule has 0 aliphatic carbocycles. The zero-order chi connectivity index (χ0) is 15.8.